The summed E-state index contributed by atoms with van der Waals surface area (Å²) in [6.07, 6.45) is 3.15. The SMILES string of the molecule is Cc1ccc(C(=O)/C=C/c2ccc(-c3ccc(Cl)cc3Cl)o2)cc1. The van der Waals surface area contributed by atoms with Crippen LogP contribution in [-0.2, 0) is 0 Å². The van der Waals surface area contributed by atoms with Crippen LogP contribution < -0.4 is 0 Å². The first-order valence-electron chi connectivity index (χ1n) is 7.37. The number of halogens is 2. The first-order chi connectivity index (χ1) is 11.5. The number of rotatable bonds is 4. The summed E-state index contributed by atoms with van der Waals surface area (Å²) < 4.78 is 5.73. The molecule has 0 spiro atoms. The Kier molecular flexibility index (Phi) is 4.89. The van der Waals surface area contributed by atoms with Crippen LogP contribution in [0.15, 0.2) is 65.1 Å². The Labute approximate surface area is 150 Å². The van der Waals surface area contributed by atoms with Crippen molar-refractivity contribution < 1.29 is 9.21 Å². The summed E-state index contributed by atoms with van der Waals surface area (Å²) >= 11 is 12.1. The van der Waals surface area contributed by atoms with Crippen molar-refractivity contribution in [2.24, 2.45) is 0 Å². The Morgan fingerprint density at radius 3 is 2.46 bits per heavy atom. The zero-order valence-corrected chi connectivity index (χ0v) is 14.4. The van der Waals surface area contributed by atoms with Crippen molar-refractivity contribution in [3.05, 3.63) is 87.6 Å². The summed E-state index contributed by atoms with van der Waals surface area (Å²) in [5.41, 5.74) is 2.51. The van der Waals surface area contributed by atoms with E-state index in [1.165, 1.54) is 6.08 Å². The number of benzene rings is 2. The predicted molar refractivity (Wildman–Crippen MR) is 98.7 cm³/mol. The van der Waals surface area contributed by atoms with Crippen molar-refractivity contribution in [2.45, 2.75) is 6.92 Å². The van der Waals surface area contributed by atoms with Gasteiger partial charge in [0, 0.05) is 16.1 Å². The molecule has 24 heavy (non-hydrogen) atoms. The van der Waals surface area contributed by atoms with E-state index in [0.717, 1.165) is 11.1 Å². The number of aryl methyl sites for hydroxylation is 1. The highest BCUT2D eigenvalue weighted by molar-refractivity contribution is 6.36. The van der Waals surface area contributed by atoms with Crippen LogP contribution in [0.3, 0.4) is 0 Å². The third kappa shape index (κ3) is 3.78. The van der Waals surface area contributed by atoms with Gasteiger partial charge < -0.3 is 4.42 Å². The summed E-state index contributed by atoms with van der Waals surface area (Å²) in [7, 11) is 0. The van der Waals surface area contributed by atoms with Crippen LogP contribution in [0.5, 0.6) is 0 Å². The second-order valence-electron chi connectivity index (χ2n) is 5.39. The van der Waals surface area contributed by atoms with Gasteiger partial charge in [0.25, 0.3) is 0 Å². The van der Waals surface area contributed by atoms with Crippen LogP contribution in [0.25, 0.3) is 17.4 Å². The summed E-state index contributed by atoms with van der Waals surface area (Å²) in [6.45, 7) is 1.98. The standard InChI is InChI=1S/C20H14Cl2O2/c1-13-2-4-14(5-3-13)19(23)10-7-16-8-11-20(24-16)17-9-6-15(21)12-18(17)22/h2-12H,1H3/b10-7+. The van der Waals surface area contributed by atoms with Gasteiger partial charge in [0.15, 0.2) is 5.78 Å². The molecule has 0 radical (unpaired) electrons. The summed E-state index contributed by atoms with van der Waals surface area (Å²) in [5, 5.41) is 1.09. The highest BCUT2D eigenvalue weighted by atomic mass is 35.5. The number of hydrogen-bond donors (Lipinski definition) is 0. The lowest BCUT2D eigenvalue weighted by atomic mass is 10.1. The molecule has 2 aromatic carbocycles. The molecule has 0 saturated carbocycles. The van der Waals surface area contributed by atoms with Gasteiger partial charge >= 0.3 is 0 Å². The van der Waals surface area contributed by atoms with Crippen LogP contribution in [0.2, 0.25) is 10.0 Å². The van der Waals surface area contributed by atoms with Crippen molar-refractivity contribution in [2.75, 3.05) is 0 Å². The minimum absolute atomic E-state index is 0.0718. The van der Waals surface area contributed by atoms with Gasteiger partial charge in [-0.25, -0.2) is 0 Å². The molecule has 4 heteroatoms. The molecular weight excluding hydrogens is 343 g/mol. The molecule has 3 aromatic rings. The fourth-order valence-electron chi connectivity index (χ4n) is 2.25. The molecule has 0 bridgehead atoms. The van der Waals surface area contributed by atoms with Crippen molar-refractivity contribution in [1.29, 1.82) is 0 Å². The van der Waals surface area contributed by atoms with Crippen molar-refractivity contribution >= 4 is 35.1 Å². The predicted octanol–water partition coefficient (Wildman–Crippen LogP) is 6.46. The van der Waals surface area contributed by atoms with E-state index in [-0.39, 0.29) is 5.78 Å². The number of allylic oxidation sites excluding steroid dienone is 1. The van der Waals surface area contributed by atoms with E-state index in [9.17, 15) is 4.79 Å². The first-order valence-corrected chi connectivity index (χ1v) is 8.13. The smallest absolute Gasteiger partial charge is 0.185 e. The number of ketones is 1. The molecular formula is C20H14Cl2O2. The molecule has 0 aliphatic rings. The molecule has 1 heterocycles. The van der Waals surface area contributed by atoms with E-state index in [1.807, 2.05) is 37.3 Å². The van der Waals surface area contributed by atoms with Crippen molar-refractivity contribution in [1.82, 2.24) is 0 Å². The Morgan fingerprint density at radius 1 is 1.00 bits per heavy atom. The lowest BCUT2D eigenvalue weighted by molar-refractivity contribution is 0.104. The number of carbonyl (C=O) groups excluding carboxylic acids is 1. The van der Waals surface area contributed by atoms with E-state index in [4.69, 9.17) is 27.6 Å². The van der Waals surface area contributed by atoms with Crippen LogP contribution in [0, 0.1) is 6.92 Å². The molecule has 3 rings (SSSR count). The second-order valence-corrected chi connectivity index (χ2v) is 6.23. The average molecular weight is 357 g/mol. The molecule has 0 unspecified atom stereocenters. The molecule has 120 valence electrons. The Balaban J connectivity index is 1.78. The Morgan fingerprint density at radius 2 is 1.75 bits per heavy atom. The van der Waals surface area contributed by atoms with Gasteiger partial charge in [0.05, 0.1) is 5.02 Å². The highest BCUT2D eigenvalue weighted by Crippen LogP contribution is 2.31. The molecule has 0 aliphatic heterocycles. The third-order valence-corrected chi connectivity index (χ3v) is 4.11. The lowest BCUT2D eigenvalue weighted by Crippen LogP contribution is -1.93. The zero-order valence-electron chi connectivity index (χ0n) is 12.9. The second kappa shape index (κ2) is 7.08. The number of hydrogen-bond acceptors (Lipinski definition) is 2. The van der Waals surface area contributed by atoms with Gasteiger partial charge in [-0.2, -0.15) is 0 Å². The lowest BCUT2D eigenvalue weighted by Gasteiger charge is -2.00. The van der Waals surface area contributed by atoms with Crippen molar-refractivity contribution in [3.8, 4) is 11.3 Å². The monoisotopic (exact) mass is 356 g/mol. The van der Waals surface area contributed by atoms with Gasteiger partial charge in [-0.15, -0.1) is 0 Å². The molecule has 0 atom stereocenters. The van der Waals surface area contributed by atoms with Crippen LogP contribution in [-0.4, -0.2) is 5.78 Å². The normalized spacial score (nSPS) is 11.1. The molecule has 1 aromatic heterocycles. The van der Waals surface area contributed by atoms with E-state index in [0.29, 0.717) is 27.1 Å². The van der Waals surface area contributed by atoms with Crippen molar-refractivity contribution in [3.63, 3.8) is 0 Å². The minimum atomic E-state index is -0.0718. The largest absolute Gasteiger partial charge is 0.457 e. The van der Waals surface area contributed by atoms with Gasteiger partial charge in [-0.05, 0) is 49.4 Å². The maximum Gasteiger partial charge on any atom is 0.185 e. The van der Waals surface area contributed by atoms with E-state index in [1.54, 1.807) is 30.3 Å². The molecule has 2 nitrogen and oxygen atoms in total. The van der Waals surface area contributed by atoms with Gasteiger partial charge in [0.2, 0.25) is 0 Å². The van der Waals surface area contributed by atoms with Gasteiger partial charge in [0.1, 0.15) is 11.5 Å². The Hall–Kier alpha value is -2.29. The van der Waals surface area contributed by atoms with E-state index < -0.39 is 0 Å². The van der Waals surface area contributed by atoms with Crippen LogP contribution in [0.1, 0.15) is 21.7 Å². The summed E-state index contributed by atoms with van der Waals surface area (Å²) in [4.78, 5) is 12.1. The number of furan rings is 1. The van der Waals surface area contributed by atoms with E-state index >= 15 is 0 Å². The van der Waals surface area contributed by atoms with Gasteiger partial charge in [-0.3, -0.25) is 4.79 Å². The molecule has 0 amide bonds. The maximum atomic E-state index is 12.1. The molecule has 0 saturated heterocycles. The maximum absolute atomic E-state index is 12.1. The third-order valence-electron chi connectivity index (χ3n) is 3.56. The van der Waals surface area contributed by atoms with Crippen LogP contribution >= 0.6 is 23.2 Å². The zero-order chi connectivity index (χ0) is 17.1. The Bertz CT molecular complexity index is 906. The average Bonchev–Trinajstić information content (AvgIpc) is 3.02. The molecule has 0 fully saturated rings. The fourth-order valence-corrected chi connectivity index (χ4v) is 2.75. The topological polar surface area (TPSA) is 30.2 Å². The highest BCUT2D eigenvalue weighted by Gasteiger charge is 2.08. The summed E-state index contributed by atoms with van der Waals surface area (Å²) in [5.74, 6) is 1.13. The quantitative estimate of drug-likeness (QED) is 0.396. The summed E-state index contributed by atoms with van der Waals surface area (Å²) in [6, 6.07) is 16.3. The molecule has 0 N–H and O–H groups in total. The molecule has 0 aliphatic carbocycles. The van der Waals surface area contributed by atoms with Crippen LogP contribution in [0.4, 0.5) is 0 Å². The number of carbonyl (C=O) groups is 1. The minimum Gasteiger partial charge on any atom is -0.457 e. The first kappa shape index (κ1) is 16.6. The van der Waals surface area contributed by atoms with E-state index in [2.05, 4.69) is 0 Å². The fraction of sp³-hybridized carbons (Fsp3) is 0.0500. The van der Waals surface area contributed by atoms with Gasteiger partial charge in [-0.1, -0.05) is 53.0 Å².